The standard InChI is InChI=1S/C18H27NO2S/c1-13-9-8-10-15(11-13)17-12-16(19-20-17)14(2)21-22(6,7)18(3,4)5/h8-12,14H,1-7H3. The molecule has 0 N–H and O–H groups in total. The first-order valence-corrected chi connectivity index (χ1v) is 9.92. The minimum Gasteiger partial charge on any atom is -0.356 e. The average Bonchev–Trinajstić information content (AvgIpc) is 2.86. The van der Waals surface area contributed by atoms with Crippen LogP contribution < -0.4 is 0 Å². The number of rotatable bonds is 4. The number of hydrogen-bond donors (Lipinski definition) is 0. The lowest BCUT2D eigenvalue weighted by Gasteiger charge is -2.45. The minimum atomic E-state index is -1.19. The maximum absolute atomic E-state index is 6.32. The van der Waals surface area contributed by atoms with Gasteiger partial charge in [-0.25, -0.2) is 0 Å². The number of aryl methyl sites for hydroxylation is 1. The van der Waals surface area contributed by atoms with Crippen molar-refractivity contribution in [2.45, 2.75) is 45.5 Å². The highest BCUT2D eigenvalue weighted by Crippen LogP contribution is 2.56. The largest absolute Gasteiger partial charge is 0.356 e. The van der Waals surface area contributed by atoms with Crippen molar-refractivity contribution in [2.24, 2.45) is 0 Å². The summed E-state index contributed by atoms with van der Waals surface area (Å²) in [7, 11) is -1.19. The fraction of sp³-hybridized carbons (Fsp3) is 0.500. The molecule has 4 heteroatoms. The van der Waals surface area contributed by atoms with Crippen molar-refractivity contribution in [3.05, 3.63) is 41.6 Å². The van der Waals surface area contributed by atoms with Crippen molar-refractivity contribution >= 4 is 10.3 Å². The van der Waals surface area contributed by atoms with Crippen LogP contribution in [0.25, 0.3) is 11.3 Å². The summed E-state index contributed by atoms with van der Waals surface area (Å²) >= 11 is 0. The molecule has 122 valence electrons. The average molecular weight is 321 g/mol. The molecule has 1 heterocycles. The minimum absolute atomic E-state index is 0.0773. The normalized spacial score (nSPS) is 14.9. The molecule has 0 aliphatic rings. The maximum atomic E-state index is 6.32. The number of benzene rings is 1. The molecule has 1 aromatic heterocycles. The van der Waals surface area contributed by atoms with E-state index in [0.717, 1.165) is 17.0 Å². The molecule has 0 bridgehead atoms. The van der Waals surface area contributed by atoms with Crippen LogP contribution in [-0.2, 0) is 4.18 Å². The first-order valence-electron chi connectivity index (χ1n) is 7.55. The van der Waals surface area contributed by atoms with E-state index in [-0.39, 0.29) is 10.9 Å². The van der Waals surface area contributed by atoms with Gasteiger partial charge in [0.05, 0.1) is 0 Å². The van der Waals surface area contributed by atoms with E-state index in [4.69, 9.17) is 8.71 Å². The predicted octanol–water partition coefficient (Wildman–Crippen LogP) is 5.51. The first kappa shape index (κ1) is 17.1. The van der Waals surface area contributed by atoms with Gasteiger partial charge in [0.2, 0.25) is 0 Å². The molecule has 0 saturated heterocycles. The Morgan fingerprint density at radius 1 is 1.18 bits per heavy atom. The van der Waals surface area contributed by atoms with Gasteiger partial charge in [0.1, 0.15) is 11.8 Å². The second-order valence-electron chi connectivity index (χ2n) is 7.07. The molecule has 2 aromatic rings. The fourth-order valence-electron chi connectivity index (χ4n) is 1.97. The molecule has 0 radical (unpaired) electrons. The van der Waals surface area contributed by atoms with Gasteiger partial charge in [-0.05, 0) is 32.4 Å². The molecule has 0 saturated carbocycles. The fourth-order valence-corrected chi connectivity index (χ4v) is 3.08. The van der Waals surface area contributed by atoms with E-state index in [1.54, 1.807) is 0 Å². The molecule has 2 rings (SSSR count). The lowest BCUT2D eigenvalue weighted by molar-refractivity contribution is 0.239. The Morgan fingerprint density at radius 2 is 1.86 bits per heavy atom. The Kier molecular flexibility index (Phi) is 4.73. The molecule has 0 aliphatic carbocycles. The smallest absolute Gasteiger partial charge is 0.167 e. The van der Waals surface area contributed by atoms with Gasteiger partial charge in [-0.2, -0.15) is 0 Å². The molecule has 1 atom stereocenters. The molecule has 1 aromatic carbocycles. The van der Waals surface area contributed by atoms with Gasteiger partial charge in [0.25, 0.3) is 0 Å². The van der Waals surface area contributed by atoms with Crippen molar-refractivity contribution in [3.63, 3.8) is 0 Å². The Labute approximate surface area is 135 Å². The highest BCUT2D eigenvalue weighted by Gasteiger charge is 2.31. The highest BCUT2D eigenvalue weighted by molar-refractivity contribution is 8.29. The van der Waals surface area contributed by atoms with E-state index in [1.165, 1.54) is 5.56 Å². The van der Waals surface area contributed by atoms with Gasteiger partial charge >= 0.3 is 0 Å². The zero-order chi connectivity index (χ0) is 16.5. The molecule has 0 spiro atoms. The SMILES string of the molecule is Cc1cccc(-c2cc(C(C)OS(C)(C)C(C)(C)C)no2)c1. The highest BCUT2D eigenvalue weighted by atomic mass is 32.3. The third-order valence-electron chi connectivity index (χ3n) is 4.11. The summed E-state index contributed by atoms with van der Waals surface area (Å²) < 4.78 is 12.0. The summed E-state index contributed by atoms with van der Waals surface area (Å²) in [4.78, 5) is 0. The third-order valence-corrected chi connectivity index (χ3v) is 7.83. The number of nitrogens with zero attached hydrogens (tertiary/aromatic N) is 1. The van der Waals surface area contributed by atoms with Crippen LogP contribution in [0.15, 0.2) is 34.9 Å². The number of aromatic nitrogens is 1. The van der Waals surface area contributed by atoms with Gasteiger partial charge < -0.3 is 8.71 Å². The van der Waals surface area contributed by atoms with Gasteiger partial charge in [0.15, 0.2) is 5.76 Å². The Hall–Kier alpha value is -1.26. The van der Waals surface area contributed by atoms with Crippen molar-refractivity contribution in [3.8, 4) is 11.3 Å². The summed E-state index contributed by atoms with van der Waals surface area (Å²) in [5.41, 5.74) is 3.10. The van der Waals surface area contributed by atoms with E-state index in [9.17, 15) is 0 Å². The van der Waals surface area contributed by atoms with E-state index in [0.29, 0.717) is 0 Å². The lowest BCUT2D eigenvalue weighted by atomic mass is 10.1. The van der Waals surface area contributed by atoms with Gasteiger partial charge in [-0.3, -0.25) is 0 Å². The quantitative estimate of drug-likeness (QED) is 0.745. The molecular formula is C18H27NO2S. The van der Waals surface area contributed by atoms with Gasteiger partial charge in [0, 0.05) is 16.4 Å². The van der Waals surface area contributed by atoms with Crippen LogP contribution in [0.3, 0.4) is 0 Å². The van der Waals surface area contributed by atoms with E-state index >= 15 is 0 Å². The van der Waals surface area contributed by atoms with Crippen molar-refractivity contribution < 1.29 is 8.71 Å². The molecule has 0 fully saturated rings. The first-order chi connectivity index (χ1) is 10.1. The monoisotopic (exact) mass is 321 g/mol. The molecule has 3 nitrogen and oxygen atoms in total. The number of hydrogen-bond acceptors (Lipinski definition) is 3. The zero-order valence-corrected chi connectivity index (χ0v) is 15.5. The summed E-state index contributed by atoms with van der Waals surface area (Å²) in [6, 6.07) is 10.2. The van der Waals surface area contributed by atoms with Gasteiger partial charge in [-0.1, -0.05) is 49.7 Å². The second kappa shape index (κ2) is 6.09. The van der Waals surface area contributed by atoms with Crippen LogP contribution in [0.5, 0.6) is 0 Å². The summed E-state index contributed by atoms with van der Waals surface area (Å²) in [5.74, 6) is 0.790. The summed E-state index contributed by atoms with van der Waals surface area (Å²) in [6.07, 6.45) is 4.32. The van der Waals surface area contributed by atoms with Crippen LogP contribution in [0, 0.1) is 6.92 Å². The van der Waals surface area contributed by atoms with E-state index < -0.39 is 10.3 Å². The summed E-state index contributed by atoms with van der Waals surface area (Å²) in [5, 5.41) is 4.20. The maximum Gasteiger partial charge on any atom is 0.167 e. The summed E-state index contributed by atoms with van der Waals surface area (Å²) in [6.45, 7) is 10.8. The zero-order valence-electron chi connectivity index (χ0n) is 14.6. The van der Waals surface area contributed by atoms with E-state index in [2.05, 4.69) is 57.5 Å². The Balaban J connectivity index is 2.18. The van der Waals surface area contributed by atoms with Gasteiger partial charge in [-0.15, -0.1) is 10.3 Å². The topological polar surface area (TPSA) is 35.3 Å². The van der Waals surface area contributed by atoms with Crippen LogP contribution in [0.4, 0.5) is 0 Å². The van der Waals surface area contributed by atoms with Crippen LogP contribution in [0.1, 0.15) is 45.1 Å². The lowest BCUT2D eigenvalue weighted by Crippen LogP contribution is -2.26. The van der Waals surface area contributed by atoms with E-state index in [1.807, 2.05) is 25.1 Å². The van der Waals surface area contributed by atoms with Crippen molar-refractivity contribution in [1.82, 2.24) is 5.16 Å². The molecule has 22 heavy (non-hydrogen) atoms. The van der Waals surface area contributed by atoms with Crippen LogP contribution in [0.2, 0.25) is 0 Å². The predicted molar refractivity (Wildman–Crippen MR) is 95.4 cm³/mol. The van der Waals surface area contributed by atoms with Crippen molar-refractivity contribution in [2.75, 3.05) is 12.5 Å². The Bertz CT molecular complexity index is 641. The second-order valence-corrected chi connectivity index (χ2v) is 11.0. The Morgan fingerprint density at radius 3 is 2.45 bits per heavy atom. The van der Waals surface area contributed by atoms with Crippen molar-refractivity contribution in [1.29, 1.82) is 0 Å². The third kappa shape index (κ3) is 3.73. The molecule has 1 unspecified atom stereocenters. The van der Waals surface area contributed by atoms with Crippen LogP contribution in [-0.4, -0.2) is 22.4 Å². The van der Waals surface area contributed by atoms with Crippen LogP contribution >= 0.6 is 10.3 Å². The molecule has 0 amide bonds. The molecule has 0 aliphatic heterocycles. The molecular weight excluding hydrogens is 294 g/mol.